The number of aromatic nitrogens is 2. The Hall–Kier alpha value is -0.360. The van der Waals surface area contributed by atoms with Gasteiger partial charge in [-0.1, -0.05) is 34.5 Å². The monoisotopic (exact) mass is 279 g/mol. The van der Waals surface area contributed by atoms with Gasteiger partial charge in [-0.2, -0.15) is 0 Å². The van der Waals surface area contributed by atoms with Gasteiger partial charge in [-0.15, -0.1) is 21.5 Å². The molecule has 0 aliphatic heterocycles. The van der Waals surface area contributed by atoms with Gasteiger partial charge in [-0.25, -0.2) is 0 Å². The molecular formula is C8H7Cl2N3S2. The van der Waals surface area contributed by atoms with Crippen molar-refractivity contribution in [3.05, 3.63) is 25.8 Å². The number of hydrogen-bond acceptors (Lipinski definition) is 5. The fourth-order valence-electron chi connectivity index (χ4n) is 1.15. The van der Waals surface area contributed by atoms with Crippen LogP contribution in [0.4, 0.5) is 5.13 Å². The van der Waals surface area contributed by atoms with Gasteiger partial charge in [0.25, 0.3) is 0 Å². The van der Waals surface area contributed by atoms with Crippen molar-refractivity contribution in [1.29, 1.82) is 0 Å². The van der Waals surface area contributed by atoms with E-state index in [2.05, 4.69) is 15.5 Å². The summed E-state index contributed by atoms with van der Waals surface area (Å²) in [4.78, 5) is 0. The average molecular weight is 280 g/mol. The summed E-state index contributed by atoms with van der Waals surface area (Å²) >= 11 is 14.7. The molecule has 0 aliphatic rings. The highest BCUT2D eigenvalue weighted by Gasteiger charge is 2.13. The second-order valence-electron chi connectivity index (χ2n) is 2.89. The summed E-state index contributed by atoms with van der Waals surface area (Å²) in [5.41, 5.74) is 2.67. The molecule has 2 aromatic rings. The van der Waals surface area contributed by atoms with Crippen LogP contribution in [0.2, 0.25) is 8.67 Å². The largest absolute Gasteiger partial charge is 0.353 e. The predicted octanol–water partition coefficient (Wildman–Crippen LogP) is 4.08. The standard InChI is InChI=1S/C8H7Cl2N3S2/c1-4(12-8-13-11-3-14-8)5-2-6(9)15-7(5)10/h2-4H,1H3,(H,12,13). The lowest BCUT2D eigenvalue weighted by Gasteiger charge is -2.10. The van der Waals surface area contributed by atoms with Crippen molar-refractivity contribution in [3.8, 4) is 0 Å². The summed E-state index contributed by atoms with van der Waals surface area (Å²) in [6.07, 6.45) is 0. The molecule has 0 amide bonds. The maximum Gasteiger partial charge on any atom is 0.205 e. The molecule has 0 aromatic carbocycles. The SMILES string of the molecule is CC(Nc1nncs1)c1cc(Cl)sc1Cl. The Bertz CT molecular complexity index is 441. The summed E-state index contributed by atoms with van der Waals surface area (Å²) in [5.74, 6) is 0. The molecule has 0 saturated heterocycles. The minimum absolute atomic E-state index is 0.0780. The Morgan fingerprint density at radius 3 is 2.80 bits per heavy atom. The third-order valence-electron chi connectivity index (χ3n) is 1.85. The lowest BCUT2D eigenvalue weighted by Crippen LogP contribution is -2.05. The van der Waals surface area contributed by atoms with Gasteiger partial charge in [0, 0.05) is 5.56 Å². The lowest BCUT2D eigenvalue weighted by molar-refractivity contribution is 0.879. The van der Waals surface area contributed by atoms with E-state index in [1.165, 1.54) is 22.7 Å². The smallest absolute Gasteiger partial charge is 0.205 e. The van der Waals surface area contributed by atoms with Crippen molar-refractivity contribution in [2.24, 2.45) is 0 Å². The molecule has 1 N–H and O–H groups in total. The molecule has 1 atom stereocenters. The molecular weight excluding hydrogens is 273 g/mol. The number of nitrogens with zero attached hydrogens (tertiary/aromatic N) is 2. The number of thiophene rings is 1. The molecule has 0 spiro atoms. The zero-order valence-corrected chi connectivity index (χ0v) is 10.8. The van der Waals surface area contributed by atoms with Gasteiger partial charge in [-0.3, -0.25) is 0 Å². The molecule has 0 fully saturated rings. The minimum Gasteiger partial charge on any atom is -0.353 e. The van der Waals surface area contributed by atoms with E-state index in [1.54, 1.807) is 5.51 Å². The zero-order chi connectivity index (χ0) is 10.8. The molecule has 2 rings (SSSR count). The molecule has 2 aromatic heterocycles. The van der Waals surface area contributed by atoms with Gasteiger partial charge in [0.05, 0.1) is 14.7 Å². The van der Waals surface area contributed by atoms with Crippen LogP contribution in [0.1, 0.15) is 18.5 Å². The Kier molecular flexibility index (Phi) is 3.45. The van der Waals surface area contributed by atoms with E-state index in [9.17, 15) is 0 Å². The summed E-state index contributed by atoms with van der Waals surface area (Å²) in [7, 11) is 0. The Balaban J connectivity index is 2.14. The maximum absolute atomic E-state index is 6.04. The topological polar surface area (TPSA) is 37.8 Å². The van der Waals surface area contributed by atoms with Crippen molar-refractivity contribution in [3.63, 3.8) is 0 Å². The first-order chi connectivity index (χ1) is 7.16. The van der Waals surface area contributed by atoms with Crippen LogP contribution in [-0.2, 0) is 0 Å². The third-order valence-corrected chi connectivity index (χ3v) is 3.99. The molecule has 2 heterocycles. The van der Waals surface area contributed by atoms with Crippen molar-refractivity contribution >= 4 is 51.0 Å². The molecule has 7 heteroatoms. The van der Waals surface area contributed by atoms with Crippen LogP contribution in [0.25, 0.3) is 0 Å². The van der Waals surface area contributed by atoms with E-state index < -0.39 is 0 Å². The highest BCUT2D eigenvalue weighted by molar-refractivity contribution is 7.20. The van der Waals surface area contributed by atoms with Crippen LogP contribution in [0.5, 0.6) is 0 Å². The third kappa shape index (κ3) is 2.60. The Morgan fingerprint density at radius 2 is 2.27 bits per heavy atom. The number of halogens is 2. The van der Waals surface area contributed by atoms with Crippen LogP contribution in [0.3, 0.4) is 0 Å². The summed E-state index contributed by atoms with van der Waals surface area (Å²) in [6, 6.07) is 1.95. The van der Waals surface area contributed by atoms with Crippen molar-refractivity contribution in [2.75, 3.05) is 5.32 Å². The fraction of sp³-hybridized carbons (Fsp3) is 0.250. The van der Waals surface area contributed by atoms with Crippen LogP contribution in [0.15, 0.2) is 11.6 Å². The van der Waals surface area contributed by atoms with E-state index >= 15 is 0 Å². The predicted molar refractivity (Wildman–Crippen MR) is 66.3 cm³/mol. The van der Waals surface area contributed by atoms with Crippen molar-refractivity contribution < 1.29 is 0 Å². The van der Waals surface area contributed by atoms with Gasteiger partial charge in [0.15, 0.2) is 0 Å². The van der Waals surface area contributed by atoms with Gasteiger partial charge in [-0.05, 0) is 13.0 Å². The molecule has 0 radical (unpaired) electrons. The summed E-state index contributed by atoms with van der Waals surface area (Å²) in [5, 5.41) is 11.6. The van der Waals surface area contributed by atoms with E-state index in [1.807, 2.05) is 13.0 Å². The van der Waals surface area contributed by atoms with Crippen LogP contribution >= 0.6 is 45.9 Å². The van der Waals surface area contributed by atoms with Crippen molar-refractivity contribution in [2.45, 2.75) is 13.0 Å². The van der Waals surface area contributed by atoms with E-state index in [4.69, 9.17) is 23.2 Å². The van der Waals surface area contributed by atoms with Crippen LogP contribution in [0, 0.1) is 0 Å². The Labute approximate surface area is 105 Å². The first-order valence-corrected chi connectivity index (χ1v) is 6.59. The molecule has 3 nitrogen and oxygen atoms in total. The number of rotatable bonds is 3. The van der Waals surface area contributed by atoms with E-state index in [0.717, 1.165) is 10.7 Å². The Morgan fingerprint density at radius 1 is 1.47 bits per heavy atom. The van der Waals surface area contributed by atoms with Crippen LogP contribution in [-0.4, -0.2) is 10.2 Å². The van der Waals surface area contributed by atoms with Crippen LogP contribution < -0.4 is 5.32 Å². The molecule has 1 unspecified atom stereocenters. The van der Waals surface area contributed by atoms with Crippen molar-refractivity contribution in [1.82, 2.24) is 10.2 Å². The normalized spacial score (nSPS) is 12.7. The van der Waals surface area contributed by atoms with Gasteiger partial charge in [0.1, 0.15) is 5.51 Å². The first-order valence-electron chi connectivity index (χ1n) is 4.14. The molecule has 15 heavy (non-hydrogen) atoms. The quantitative estimate of drug-likeness (QED) is 0.920. The molecule has 0 aliphatic carbocycles. The maximum atomic E-state index is 6.04. The highest BCUT2D eigenvalue weighted by Crippen LogP contribution is 2.36. The minimum atomic E-state index is 0.0780. The highest BCUT2D eigenvalue weighted by atomic mass is 35.5. The lowest BCUT2D eigenvalue weighted by atomic mass is 10.2. The summed E-state index contributed by atoms with van der Waals surface area (Å²) < 4.78 is 1.41. The van der Waals surface area contributed by atoms with Gasteiger partial charge in [0.2, 0.25) is 5.13 Å². The molecule has 0 bridgehead atoms. The number of hydrogen-bond donors (Lipinski definition) is 1. The van der Waals surface area contributed by atoms with E-state index in [-0.39, 0.29) is 6.04 Å². The number of anilines is 1. The first kappa shape index (κ1) is 11.1. The fourth-order valence-corrected chi connectivity index (χ4v) is 3.33. The van der Waals surface area contributed by atoms with E-state index in [0.29, 0.717) is 8.67 Å². The second-order valence-corrected chi connectivity index (χ2v) is 6.01. The zero-order valence-electron chi connectivity index (χ0n) is 7.70. The molecule has 0 saturated carbocycles. The summed E-state index contributed by atoms with van der Waals surface area (Å²) in [6.45, 7) is 2.01. The van der Waals surface area contributed by atoms with Gasteiger partial charge < -0.3 is 5.32 Å². The number of nitrogens with one attached hydrogen (secondary N) is 1. The average Bonchev–Trinajstić information content (AvgIpc) is 2.75. The molecule has 80 valence electrons. The second kappa shape index (κ2) is 4.65. The van der Waals surface area contributed by atoms with Gasteiger partial charge >= 0.3 is 0 Å².